The van der Waals surface area contributed by atoms with E-state index < -0.39 is 39.3 Å². The number of rotatable bonds is 12. The van der Waals surface area contributed by atoms with E-state index in [4.69, 9.17) is 4.74 Å². The van der Waals surface area contributed by atoms with Crippen LogP contribution in [0.15, 0.2) is 71.6 Å². The summed E-state index contributed by atoms with van der Waals surface area (Å²) in [7, 11) is -3.02. The molecule has 0 radical (unpaired) electrons. The van der Waals surface area contributed by atoms with Crippen LogP contribution in [-0.4, -0.2) is 55.8 Å². The van der Waals surface area contributed by atoms with E-state index in [0.29, 0.717) is 11.3 Å². The SMILES string of the molecule is COc1ccc(N(CC(=O)N(Cc2ccc(C)cc2)C(C)C(=O)NC(C)C)S(=O)(=O)c2ccc(C)c([N+](=O)[O-])c2)cc1. The number of anilines is 1. The number of amides is 2. The molecule has 0 fully saturated rings. The Bertz CT molecular complexity index is 1540. The van der Waals surface area contributed by atoms with E-state index in [1.807, 2.05) is 31.2 Å². The standard InChI is InChI=1S/C30H36N4O7S/c1-20(2)31-30(36)23(5)32(18-24-10-7-21(3)8-11-24)29(35)19-33(25-12-14-26(41-6)15-13-25)42(39,40)27-16-9-22(4)28(17-27)34(37)38/h7-17,20,23H,18-19H2,1-6H3,(H,31,36). The number of nitrogens with one attached hydrogen (secondary N) is 1. The van der Waals surface area contributed by atoms with Crippen LogP contribution in [0.1, 0.15) is 37.5 Å². The number of sulfonamides is 1. The minimum absolute atomic E-state index is 0.0539. The van der Waals surface area contributed by atoms with Gasteiger partial charge in [-0.25, -0.2) is 8.42 Å². The second-order valence-electron chi connectivity index (χ2n) is 10.3. The van der Waals surface area contributed by atoms with Gasteiger partial charge in [-0.05, 0) is 70.5 Å². The zero-order valence-electron chi connectivity index (χ0n) is 24.5. The van der Waals surface area contributed by atoms with Crippen LogP contribution < -0.4 is 14.4 Å². The molecule has 1 unspecified atom stereocenters. The van der Waals surface area contributed by atoms with Crippen LogP contribution in [0.4, 0.5) is 11.4 Å². The molecule has 0 aliphatic heterocycles. The monoisotopic (exact) mass is 596 g/mol. The second-order valence-corrected chi connectivity index (χ2v) is 12.1. The van der Waals surface area contributed by atoms with Crippen LogP contribution in [0.2, 0.25) is 0 Å². The number of carbonyl (C=O) groups excluding carboxylic acids is 2. The highest BCUT2D eigenvalue weighted by atomic mass is 32.2. The van der Waals surface area contributed by atoms with Crippen molar-refractivity contribution in [1.82, 2.24) is 10.2 Å². The number of ether oxygens (including phenoxy) is 1. The summed E-state index contributed by atoms with van der Waals surface area (Å²) < 4.78 is 34.1. The number of nitro benzene ring substituents is 1. The first-order valence-corrected chi connectivity index (χ1v) is 14.8. The summed E-state index contributed by atoms with van der Waals surface area (Å²) in [5.74, 6) is -0.560. The number of carbonyl (C=O) groups is 2. The van der Waals surface area contributed by atoms with Gasteiger partial charge >= 0.3 is 0 Å². The Hall–Kier alpha value is -4.45. The van der Waals surface area contributed by atoms with Gasteiger partial charge < -0.3 is 15.0 Å². The Morgan fingerprint density at radius 3 is 2.14 bits per heavy atom. The van der Waals surface area contributed by atoms with Crippen molar-refractivity contribution >= 4 is 33.2 Å². The summed E-state index contributed by atoms with van der Waals surface area (Å²) in [4.78, 5) is 38.9. The third-order valence-corrected chi connectivity index (χ3v) is 8.45. The van der Waals surface area contributed by atoms with E-state index in [1.54, 1.807) is 32.9 Å². The van der Waals surface area contributed by atoms with Crippen molar-refractivity contribution in [1.29, 1.82) is 0 Å². The first-order chi connectivity index (χ1) is 19.7. The fourth-order valence-electron chi connectivity index (χ4n) is 4.23. The third-order valence-electron chi connectivity index (χ3n) is 6.68. The summed E-state index contributed by atoms with van der Waals surface area (Å²) >= 11 is 0. The minimum atomic E-state index is -4.48. The molecular weight excluding hydrogens is 560 g/mol. The number of nitro groups is 1. The highest BCUT2D eigenvalue weighted by molar-refractivity contribution is 7.92. The van der Waals surface area contributed by atoms with Crippen molar-refractivity contribution in [3.05, 3.63) is 93.5 Å². The average molecular weight is 597 g/mol. The molecular formula is C30H36N4O7S. The molecule has 0 heterocycles. The van der Waals surface area contributed by atoms with E-state index >= 15 is 0 Å². The van der Waals surface area contributed by atoms with Gasteiger partial charge in [-0.1, -0.05) is 35.9 Å². The molecule has 12 heteroatoms. The molecule has 1 atom stereocenters. The highest BCUT2D eigenvalue weighted by Crippen LogP contribution is 2.29. The Morgan fingerprint density at radius 2 is 1.60 bits per heavy atom. The maximum atomic E-state index is 14.0. The smallest absolute Gasteiger partial charge is 0.273 e. The average Bonchev–Trinajstić information content (AvgIpc) is 2.94. The van der Waals surface area contributed by atoms with Crippen LogP contribution in [0.5, 0.6) is 5.75 Å². The lowest BCUT2D eigenvalue weighted by Crippen LogP contribution is -2.52. The lowest BCUT2D eigenvalue weighted by atomic mass is 10.1. The van der Waals surface area contributed by atoms with Crippen molar-refractivity contribution in [2.45, 2.75) is 58.1 Å². The molecule has 224 valence electrons. The summed E-state index contributed by atoms with van der Waals surface area (Å²) in [5.41, 5.74) is 1.84. The molecule has 0 spiro atoms. The molecule has 1 N–H and O–H groups in total. The number of benzene rings is 3. The van der Waals surface area contributed by atoms with Gasteiger partial charge in [0.1, 0.15) is 18.3 Å². The van der Waals surface area contributed by atoms with Crippen LogP contribution in [-0.2, 0) is 26.2 Å². The molecule has 0 saturated carbocycles. The van der Waals surface area contributed by atoms with Gasteiger partial charge in [0.2, 0.25) is 11.8 Å². The summed E-state index contributed by atoms with van der Waals surface area (Å²) in [6.45, 7) is 8.01. The Balaban J connectivity index is 2.09. The van der Waals surface area contributed by atoms with Gasteiger partial charge in [-0.3, -0.25) is 24.0 Å². The first kappa shape index (κ1) is 32.1. The van der Waals surface area contributed by atoms with Crippen molar-refractivity contribution in [2.75, 3.05) is 18.0 Å². The summed E-state index contributed by atoms with van der Waals surface area (Å²) in [5, 5.41) is 14.4. The molecule has 3 rings (SSSR count). The molecule has 11 nitrogen and oxygen atoms in total. The quantitative estimate of drug-likeness (QED) is 0.242. The predicted octanol–water partition coefficient (Wildman–Crippen LogP) is 4.36. The topological polar surface area (TPSA) is 139 Å². The molecule has 3 aromatic rings. The maximum Gasteiger partial charge on any atom is 0.273 e. The fourth-order valence-corrected chi connectivity index (χ4v) is 5.66. The Labute approximate surface area is 246 Å². The van der Waals surface area contributed by atoms with E-state index in [0.717, 1.165) is 21.5 Å². The normalized spacial score (nSPS) is 12.0. The maximum absolute atomic E-state index is 14.0. The van der Waals surface area contributed by atoms with Gasteiger partial charge in [0.25, 0.3) is 15.7 Å². The Kier molecular flexibility index (Phi) is 10.3. The molecule has 0 bridgehead atoms. The summed E-state index contributed by atoms with van der Waals surface area (Å²) in [6.07, 6.45) is 0. The molecule has 0 aliphatic carbocycles. The Morgan fingerprint density at radius 1 is 0.976 bits per heavy atom. The number of methoxy groups -OCH3 is 1. The van der Waals surface area contributed by atoms with Crippen LogP contribution in [0.25, 0.3) is 0 Å². The summed E-state index contributed by atoms with van der Waals surface area (Å²) in [6, 6.07) is 16.0. The van der Waals surface area contributed by atoms with Crippen molar-refractivity contribution in [2.24, 2.45) is 0 Å². The van der Waals surface area contributed by atoms with E-state index in [1.165, 1.54) is 43.2 Å². The van der Waals surface area contributed by atoms with Crippen LogP contribution in [0.3, 0.4) is 0 Å². The van der Waals surface area contributed by atoms with Crippen molar-refractivity contribution < 1.29 is 27.7 Å². The van der Waals surface area contributed by atoms with Gasteiger partial charge in [0.15, 0.2) is 0 Å². The second kappa shape index (κ2) is 13.5. The molecule has 0 saturated heterocycles. The first-order valence-electron chi connectivity index (χ1n) is 13.3. The fraction of sp³-hybridized carbons (Fsp3) is 0.333. The zero-order chi connectivity index (χ0) is 31.2. The lowest BCUT2D eigenvalue weighted by molar-refractivity contribution is -0.385. The van der Waals surface area contributed by atoms with E-state index in [-0.39, 0.29) is 28.9 Å². The van der Waals surface area contributed by atoms with E-state index in [9.17, 15) is 28.1 Å². The molecule has 3 aromatic carbocycles. The minimum Gasteiger partial charge on any atom is -0.497 e. The van der Waals surface area contributed by atoms with E-state index in [2.05, 4.69) is 5.32 Å². The zero-order valence-corrected chi connectivity index (χ0v) is 25.3. The molecule has 0 aromatic heterocycles. The number of hydrogen-bond acceptors (Lipinski definition) is 7. The highest BCUT2D eigenvalue weighted by Gasteiger charge is 2.33. The van der Waals surface area contributed by atoms with Gasteiger partial charge in [-0.15, -0.1) is 0 Å². The van der Waals surface area contributed by atoms with Crippen molar-refractivity contribution in [3.8, 4) is 5.75 Å². The number of nitrogens with zero attached hydrogens (tertiary/aromatic N) is 3. The predicted molar refractivity (Wildman–Crippen MR) is 160 cm³/mol. The van der Waals surface area contributed by atoms with Gasteiger partial charge in [0, 0.05) is 24.2 Å². The van der Waals surface area contributed by atoms with Crippen LogP contribution >= 0.6 is 0 Å². The molecule has 0 aliphatic rings. The number of hydrogen-bond donors (Lipinski definition) is 1. The number of aryl methyl sites for hydroxylation is 2. The largest absolute Gasteiger partial charge is 0.497 e. The lowest BCUT2D eigenvalue weighted by Gasteiger charge is -2.32. The molecule has 42 heavy (non-hydrogen) atoms. The third kappa shape index (κ3) is 7.64. The van der Waals surface area contributed by atoms with Gasteiger partial charge in [-0.2, -0.15) is 0 Å². The molecule has 2 amide bonds. The van der Waals surface area contributed by atoms with Crippen LogP contribution in [0, 0.1) is 24.0 Å². The van der Waals surface area contributed by atoms with Gasteiger partial charge in [0.05, 0.1) is 22.6 Å². The van der Waals surface area contributed by atoms with Crippen molar-refractivity contribution in [3.63, 3.8) is 0 Å².